The van der Waals surface area contributed by atoms with Crippen molar-refractivity contribution in [1.29, 1.82) is 0 Å². The molecule has 0 spiro atoms. The number of hydrogen-bond acceptors (Lipinski definition) is 4. The van der Waals surface area contributed by atoms with Crippen LogP contribution in [0.15, 0.2) is 35.1 Å². The standard InChI is InChI=1S/C17H19ClN4O2/c1-22(9-14-7-15(10-24-2)21-20-14)8-12-5-11-3-4-13(18)6-16(11)19-17(12)23/h3-7H,8-10H2,1-2H3,(H,19,23)(H,20,21). The number of rotatable bonds is 6. The average Bonchev–Trinajstić information content (AvgIpc) is 2.95. The first-order valence-corrected chi connectivity index (χ1v) is 7.95. The molecule has 0 radical (unpaired) electrons. The molecule has 7 heteroatoms. The van der Waals surface area contributed by atoms with E-state index in [0.717, 1.165) is 22.3 Å². The number of benzene rings is 1. The maximum Gasteiger partial charge on any atom is 0.252 e. The van der Waals surface area contributed by atoms with Gasteiger partial charge in [-0.3, -0.25) is 14.8 Å². The molecule has 2 aromatic heterocycles. The third kappa shape index (κ3) is 3.84. The lowest BCUT2D eigenvalue weighted by Crippen LogP contribution is -2.23. The summed E-state index contributed by atoms with van der Waals surface area (Å²) in [5, 5.41) is 8.75. The van der Waals surface area contributed by atoms with E-state index in [1.165, 1.54) is 0 Å². The normalized spacial score (nSPS) is 11.5. The Morgan fingerprint density at radius 1 is 1.25 bits per heavy atom. The van der Waals surface area contributed by atoms with Crippen molar-refractivity contribution in [3.8, 4) is 0 Å². The van der Waals surface area contributed by atoms with Crippen molar-refractivity contribution in [3.05, 3.63) is 62.7 Å². The molecule has 0 amide bonds. The van der Waals surface area contributed by atoms with Gasteiger partial charge in [-0.05, 0) is 36.7 Å². The van der Waals surface area contributed by atoms with E-state index in [1.807, 2.05) is 36.2 Å². The molecule has 6 nitrogen and oxygen atoms in total. The number of pyridine rings is 1. The molecule has 3 aromatic rings. The van der Waals surface area contributed by atoms with Gasteiger partial charge in [0.1, 0.15) is 0 Å². The van der Waals surface area contributed by atoms with Crippen LogP contribution in [-0.2, 0) is 24.4 Å². The number of ether oxygens (including phenoxy) is 1. The van der Waals surface area contributed by atoms with Gasteiger partial charge in [0.15, 0.2) is 0 Å². The van der Waals surface area contributed by atoms with Crippen LogP contribution in [0, 0.1) is 0 Å². The van der Waals surface area contributed by atoms with Gasteiger partial charge in [-0.1, -0.05) is 17.7 Å². The van der Waals surface area contributed by atoms with E-state index < -0.39 is 0 Å². The molecule has 0 fully saturated rings. The van der Waals surface area contributed by atoms with E-state index >= 15 is 0 Å². The highest BCUT2D eigenvalue weighted by molar-refractivity contribution is 6.31. The predicted molar refractivity (Wildman–Crippen MR) is 94.1 cm³/mol. The second-order valence-corrected chi connectivity index (χ2v) is 6.28. The van der Waals surface area contributed by atoms with Crippen molar-refractivity contribution >= 4 is 22.5 Å². The number of H-pyrrole nitrogens is 2. The summed E-state index contributed by atoms with van der Waals surface area (Å²) in [7, 11) is 3.60. The molecule has 2 N–H and O–H groups in total. The fourth-order valence-corrected chi connectivity index (χ4v) is 2.85. The van der Waals surface area contributed by atoms with Crippen LogP contribution in [0.4, 0.5) is 0 Å². The maximum absolute atomic E-state index is 12.3. The summed E-state index contributed by atoms with van der Waals surface area (Å²) in [6.45, 7) is 1.67. The number of halogens is 1. The SMILES string of the molecule is COCc1cc(CN(C)Cc2cc3ccc(Cl)cc3[nH]c2=O)n[nH]1. The number of methoxy groups -OCH3 is 1. The van der Waals surface area contributed by atoms with Crippen molar-refractivity contribution in [1.82, 2.24) is 20.1 Å². The largest absolute Gasteiger partial charge is 0.378 e. The Balaban J connectivity index is 1.74. The first-order valence-electron chi connectivity index (χ1n) is 7.57. The van der Waals surface area contributed by atoms with E-state index in [1.54, 1.807) is 13.2 Å². The lowest BCUT2D eigenvalue weighted by atomic mass is 10.1. The molecule has 0 saturated carbocycles. The van der Waals surface area contributed by atoms with E-state index in [9.17, 15) is 4.79 Å². The van der Waals surface area contributed by atoms with Crippen LogP contribution >= 0.6 is 11.6 Å². The molecule has 0 saturated heterocycles. The van der Waals surface area contributed by atoms with Crippen LogP contribution in [0.2, 0.25) is 5.02 Å². The molecule has 24 heavy (non-hydrogen) atoms. The monoisotopic (exact) mass is 346 g/mol. The number of nitrogens with one attached hydrogen (secondary N) is 2. The summed E-state index contributed by atoms with van der Waals surface area (Å²) in [4.78, 5) is 17.2. The molecular formula is C17H19ClN4O2. The fourth-order valence-electron chi connectivity index (χ4n) is 2.68. The predicted octanol–water partition coefficient (Wildman–Crippen LogP) is 2.68. The van der Waals surface area contributed by atoms with Crippen molar-refractivity contribution in [2.75, 3.05) is 14.2 Å². The summed E-state index contributed by atoms with van der Waals surface area (Å²) < 4.78 is 5.07. The summed E-state index contributed by atoms with van der Waals surface area (Å²) >= 11 is 5.96. The number of nitrogens with zero attached hydrogens (tertiary/aromatic N) is 2. The maximum atomic E-state index is 12.3. The summed E-state index contributed by atoms with van der Waals surface area (Å²) in [5.74, 6) is 0. The summed E-state index contributed by atoms with van der Waals surface area (Å²) in [5.41, 5.74) is 3.20. The zero-order valence-electron chi connectivity index (χ0n) is 13.6. The quantitative estimate of drug-likeness (QED) is 0.719. The number of aromatic nitrogens is 3. The van der Waals surface area contributed by atoms with E-state index in [0.29, 0.717) is 30.3 Å². The summed E-state index contributed by atoms with van der Waals surface area (Å²) in [6.07, 6.45) is 0. The third-order valence-corrected chi connectivity index (χ3v) is 3.98. The van der Waals surface area contributed by atoms with Gasteiger partial charge < -0.3 is 9.72 Å². The Labute approximate surface area is 144 Å². The van der Waals surface area contributed by atoms with Gasteiger partial charge in [0.05, 0.1) is 18.0 Å². The topological polar surface area (TPSA) is 74.0 Å². The Morgan fingerprint density at radius 3 is 2.88 bits per heavy atom. The molecule has 0 bridgehead atoms. The molecule has 2 heterocycles. The molecule has 1 aromatic carbocycles. The highest BCUT2D eigenvalue weighted by atomic mass is 35.5. The smallest absolute Gasteiger partial charge is 0.252 e. The Hall–Kier alpha value is -2.15. The van der Waals surface area contributed by atoms with Crippen LogP contribution in [0.25, 0.3) is 10.9 Å². The Bertz CT molecular complexity index is 903. The Kier molecular flexibility index (Phi) is 4.99. The lowest BCUT2D eigenvalue weighted by Gasteiger charge is -2.15. The van der Waals surface area contributed by atoms with Crippen LogP contribution in [-0.4, -0.2) is 34.2 Å². The first kappa shape index (κ1) is 16.7. The van der Waals surface area contributed by atoms with Gasteiger partial charge in [0.25, 0.3) is 5.56 Å². The molecule has 0 aliphatic carbocycles. The van der Waals surface area contributed by atoms with Crippen molar-refractivity contribution < 1.29 is 4.74 Å². The van der Waals surface area contributed by atoms with E-state index in [-0.39, 0.29) is 5.56 Å². The van der Waals surface area contributed by atoms with E-state index in [4.69, 9.17) is 16.3 Å². The highest BCUT2D eigenvalue weighted by Gasteiger charge is 2.09. The number of fused-ring (bicyclic) bond motifs is 1. The minimum atomic E-state index is -0.0984. The average molecular weight is 347 g/mol. The second-order valence-electron chi connectivity index (χ2n) is 5.85. The van der Waals surface area contributed by atoms with E-state index in [2.05, 4.69) is 15.2 Å². The molecule has 0 atom stereocenters. The van der Waals surface area contributed by atoms with Crippen molar-refractivity contribution in [2.45, 2.75) is 19.7 Å². The van der Waals surface area contributed by atoms with Crippen molar-refractivity contribution in [2.24, 2.45) is 0 Å². The highest BCUT2D eigenvalue weighted by Crippen LogP contribution is 2.17. The minimum Gasteiger partial charge on any atom is -0.378 e. The first-order chi connectivity index (χ1) is 11.5. The molecule has 126 valence electrons. The van der Waals surface area contributed by atoms with Gasteiger partial charge in [0.2, 0.25) is 0 Å². The summed E-state index contributed by atoms with van der Waals surface area (Å²) in [6, 6.07) is 9.35. The zero-order valence-corrected chi connectivity index (χ0v) is 14.4. The van der Waals surface area contributed by atoms with Gasteiger partial charge >= 0.3 is 0 Å². The van der Waals surface area contributed by atoms with Crippen LogP contribution < -0.4 is 5.56 Å². The van der Waals surface area contributed by atoms with Crippen molar-refractivity contribution in [3.63, 3.8) is 0 Å². The van der Waals surface area contributed by atoms with Gasteiger partial charge in [-0.15, -0.1) is 0 Å². The molecule has 0 aliphatic heterocycles. The van der Waals surface area contributed by atoms with Gasteiger partial charge in [0, 0.05) is 36.3 Å². The van der Waals surface area contributed by atoms with Crippen LogP contribution in [0.3, 0.4) is 0 Å². The number of hydrogen-bond donors (Lipinski definition) is 2. The molecule has 0 aliphatic rings. The van der Waals surface area contributed by atoms with Crippen LogP contribution in [0.1, 0.15) is 17.0 Å². The lowest BCUT2D eigenvalue weighted by molar-refractivity contribution is 0.181. The van der Waals surface area contributed by atoms with Crippen LogP contribution in [0.5, 0.6) is 0 Å². The second kappa shape index (κ2) is 7.17. The van der Waals surface area contributed by atoms with Gasteiger partial charge in [-0.25, -0.2) is 0 Å². The molecule has 3 rings (SSSR count). The molecular weight excluding hydrogens is 328 g/mol. The fraction of sp³-hybridized carbons (Fsp3) is 0.294. The third-order valence-electron chi connectivity index (χ3n) is 3.74. The molecule has 0 unspecified atom stereocenters. The zero-order chi connectivity index (χ0) is 17.1. The minimum absolute atomic E-state index is 0.0984. The number of aromatic amines is 2. The Morgan fingerprint density at radius 2 is 2.08 bits per heavy atom. The van der Waals surface area contributed by atoms with Gasteiger partial charge in [-0.2, -0.15) is 5.10 Å².